The second-order valence-corrected chi connectivity index (χ2v) is 6.22. The molecule has 0 amide bonds. The van der Waals surface area contributed by atoms with Crippen LogP contribution in [0.4, 0.5) is 0 Å². The van der Waals surface area contributed by atoms with Crippen molar-refractivity contribution in [3.05, 3.63) is 65.4 Å². The van der Waals surface area contributed by atoms with E-state index in [1.165, 1.54) is 5.56 Å². The molecule has 4 heteroatoms. The van der Waals surface area contributed by atoms with Gasteiger partial charge in [-0.1, -0.05) is 43.7 Å². The van der Waals surface area contributed by atoms with Gasteiger partial charge in [0.25, 0.3) is 0 Å². The van der Waals surface area contributed by atoms with E-state index in [0.29, 0.717) is 19.0 Å². The lowest BCUT2D eigenvalue weighted by molar-refractivity contribution is -0.142. The van der Waals surface area contributed by atoms with Crippen molar-refractivity contribution >= 4 is 16.9 Å². The van der Waals surface area contributed by atoms with E-state index in [2.05, 4.69) is 25.1 Å². The fourth-order valence-electron chi connectivity index (χ4n) is 3.00. The molecular weight excluding hydrogens is 328 g/mol. The molecule has 0 aliphatic heterocycles. The van der Waals surface area contributed by atoms with E-state index >= 15 is 0 Å². The van der Waals surface area contributed by atoms with E-state index in [9.17, 15) is 4.79 Å². The number of rotatable bonds is 8. The zero-order valence-electron chi connectivity index (χ0n) is 15.3. The van der Waals surface area contributed by atoms with E-state index in [4.69, 9.17) is 13.9 Å². The number of hydrogen-bond donors (Lipinski definition) is 0. The molecule has 0 bridgehead atoms. The fourth-order valence-corrected chi connectivity index (χ4v) is 3.00. The molecule has 0 saturated carbocycles. The zero-order valence-corrected chi connectivity index (χ0v) is 15.3. The van der Waals surface area contributed by atoms with Crippen LogP contribution >= 0.6 is 0 Å². The Hall–Kier alpha value is -2.75. The minimum Gasteiger partial charge on any atom is -0.488 e. The van der Waals surface area contributed by atoms with Crippen molar-refractivity contribution in [3.8, 4) is 5.75 Å². The number of carbonyl (C=O) groups is 1. The van der Waals surface area contributed by atoms with Crippen molar-refractivity contribution in [2.45, 2.75) is 39.7 Å². The van der Waals surface area contributed by atoms with Gasteiger partial charge in [0.05, 0.1) is 19.3 Å². The summed E-state index contributed by atoms with van der Waals surface area (Å²) in [6, 6.07) is 13.9. The van der Waals surface area contributed by atoms with E-state index in [-0.39, 0.29) is 12.4 Å². The largest absolute Gasteiger partial charge is 0.488 e. The standard InChI is InChI=1S/C22H24O4/c1-3-7-16-10-11-19-18(15-26-21(19)12-16)14-25-20-9-6-5-8-17(20)13-22(23)24-4-2/h5-6,8-12,15H,3-4,7,13-14H2,1-2H3. The van der Waals surface area contributed by atoms with Crippen molar-refractivity contribution in [1.82, 2.24) is 0 Å². The molecular formula is C22H24O4. The van der Waals surface area contributed by atoms with Crippen LogP contribution in [0, 0.1) is 0 Å². The van der Waals surface area contributed by atoms with Crippen LogP contribution in [-0.2, 0) is 29.0 Å². The quantitative estimate of drug-likeness (QED) is 0.531. The van der Waals surface area contributed by atoms with Crippen LogP contribution in [0.5, 0.6) is 5.75 Å². The summed E-state index contributed by atoms with van der Waals surface area (Å²) < 4.78 is 16.7. The Bertz CT molecular complexity index is 879. The van der Waals surface area contributed by atoms with Gasteiger partial charge in [0.15, 0.2) is 0 Å². The second kappa shape index (κ2) is 8.56. The first-order chi connectivity index (χ1) is 12.7. The van der Waals surface area contributed by atoms with E-state index in [1.54, 1.807) is 13.2 Å². The SMILES string of the molecule is CCCc1ccc2c(COc3ccccc3CC(=O)OCC)coc2c1. The molecule has 2 aromatic carbocycles. The van der Waals surface area contributed by atoms with Crippen LogP contribution in [0.2, 0.25) is 0 Å². The highest BCUT2D eigenvalue weighted by Gasteiger charge is 2.12. The van der Waals surface area contributed by atoms with Gasteiger partial charge >= 0.3 is 5.97 Å². The number of esters is 1. The summed E-state index contributed by atoms with van der Waals surface area (Å²) in [7, 11) is 0. The monoisotopic (exact) mass is 352 g/mol. The molecule has 1 heterocycles. The predicted octanol–water partition coefficient (Wildman–Crippen LogP) is 5.07. The molecule has 0 N–H and O–H groups in total. The van der Waals surface area contributed by atoms with Gasteiger partial charge in [0.1, 0.15) is 17.9 Å². The Labute approximate surface area is 153 Å². The molecule has 0 spiro atoms. The molecule has 0 atom stereocenters. The van der Waals surface area contributed by atoms with Crippen LogP contribution in [-0.4, -0.2) is 12.6 Å². The van der Waals surface area contributed by atoms with Crippen LogP contribution < -0.4 is 4.74 Å². The van der Waals surface area contributed by atoms with E-state index < -0.39 is 0 Å². The molecule has 0 fully saturated rings. The summed E-state index contributed by atoms with van der Waals surface area (Å²) in [5.41, 5.74) is 3.98. The van der Waals surface area contributed by atoms with Gasteiger partial charge in [-0.3, -0.25) is 4.79 Å². The number of aryl methyl sites for hydroxylation is 1. The molecule has 0 aliphatic rings. The lowest BCUT2D eigenvalue weighted by Gasteiger charge is -2.10. The Balaban J connectivity index is 1.73. The smallest absolute Gasteiger partial charge is 0.310 e. The highest BCUT2D eigenvalue weighted by atomic mass is 16.5. The summed E-state index contributed by atoms with van der Waals surface area (Å²) >= 11 is 0. The molecule has 1 aromatic heterocycles. The maximum absolute atomic E-state index is 11.8. The summed E-state index contributed by atoms with van der Waals surface area (Å²) in [5, 5.41) is 1.06. The number of fused-ring (bicyclic) bond motifs is 1. The number of benzene rings is 2. The maximum Gasteiger partial charge on any atom is 0.310 e. The van der Waals surface area contributed by atoms with Gasteiger partial charge in [-0.15, -0.1) is 0 Å². The van der Waals surface area contributed by atoms with Crippen molar-refractivity contribution < 1.29 is 18.7 Å². The second-order valence-electron chi connectivity index (χ2n) is 6.22. The maximum atomic E-state index is 11.8. The molecule has 0 radical (unpaired) electrons. The minimum atomic E-state index is -0.249. The average molecular weight is 352 g/mol. The van der Waals surface area contributed by atoms with Gasteiger partial charge in [-0.05, 0) is 31.0 Å². The van der Waals surface area contributed by atoms with Crippen LogP contribution in [0.3, 0.4) is 0 Å². The molecule has 3 rings (SSSR count). The van der Waals surface area contributed by atoms with Gasteiger partial charge in [0.2, 0.25) is 0 Å². The topological polar surface area (TPSA) is 48.7 Å². The van der Waals surface area contributed by atoms with Crippen LogP contribution in [0.15, 0.2) is 53.1 Å². The van der Waals surface area contributed by atoms with Gasteiger partial charge < -0.3 is 13.9 Å². The highest BCUT2D eigenvalue weighted by molar-refractivity contribution is 5.81. The van der Waals surface area contributed by atoms with Gasteiger partial charge in [-0.2, -0.15) is 0 Å². The van der Waals surface area contributed by atoms with Crippen molar-refractivity contribution in [2.75, 3.05) is 6.61 Å². The summed E-state index contributed by atoms with van der Waals surface area (Å²) in [6.45, 7) is 4.73. The molecule has 0 unspecified atom stereocenters. The van der Waals surface area contributed by atoms with Crippen molar-refractivity contribution in [3.63, 3.8) is 0 Å². The Morgan fingerprint density at radius 1 is 1.08 bits per heavy atom. The fraction of sp³-hybridized carbons (Fsp3) is 0.318. The van der Waals surface area contributed by atoms with Crippen molar-refractivity contribution in [2.24, 2.45) is 0 Å². The van der Waals surface area contributed by atoms with Crippen molar-refractivity contribution in [1.29, 1.82) is 0 Å². The van der Waals surface area contributed by atoms with Gasteiger partial charge in [-0.25, -0.2) is 0 Å². The molecule has 4 nitrogen and oxygen atoms in total. The van der Waals surface area contributed by atoms with Crippen LogP contribution in [0.25, 0.3) is 11.0 Å². The lowest BCUT2D eigenvalue weighted by atomic mass is 10.1. The summed E-state index contributed by atoms with van der Waals surface area (Å²) in [4.78, 5) is 11.8. The van der Waals surface area contributed by atoms with E-state index in [0.717, 1.165) is 34.9 Å². The summed E-state index contributed by atoms with van der Waals surface area (Å²) in [6.07, 6.45) is 4.11. The Kier molecular flexibility index (Phi) is 5.95. The first-order valence-corrected chi connectivity index (χ1v) is 9.06. The van der Waals surface area contributed by atoms with E-state index in [1.807, 2.05) is 24.3 Å². The first kappa shape index (κ1) is 18.1. The Morgan fingerprint density at radius 2 is 1.92 bits per heavy atom. The molecule has 0 aliphatic carbocycles. The summed E-state index contributed by atoms with van der Waals surface area (Å²) in [5.74, 6) is 0.443. The number of hydrogen-bond acceptors (Lipinski definition) is 4. The number of ether oxygens (including phenoxy) is 2. The Morgan fingerprint density at radius 3 is 2.73 bits per heavy atom. The number of para-hydroxylation sites is 1. The first-order valence-electron chi connectivity index (χ1n) is 9.06. The predicted molar refractivity (Wildman–Crippen MR) is 101 cm³/mol. The zero-order chi connectivity index (χ0) is 18.4. The molecule has 136 valence electrons. The third-order valence-corrected chi connectivity index (χ3v) is 4.25. The van der Waals surface area contributed by atoms with Crippen LogP contribution in [0.1, 0.15) is 37.0 Å². The average Bonchev–Trinajstić information content (AvgIpc) is 3.04. The molecule has 3 aromatic rings. The third-order valence-electron chi connectivity index (χ3n) is 4.25. The highest BCUT2D eigenvalue weighted by Crippen LogP contribution is 2.26. The number of carbonyl (C=O) groups excluding carboxylic acids is 1. The van der Waals surface area contributed by atoms with Gasteiger partial charge in [0, 0.05) is 16.5 Å². The number of furan rings is 1. The molecule has 0 saturated heterocycles. The minimum absolute atomic E-state index is 0.205. The lowest BCUT2D eigenvalue weighted by Crippen LogP contribution is -2.09. The molecule has 26 heavy (non-hydrogen) atoms. The third kappa shape index (κ3) is 4.26. The normalized spacial score (nSPS) is 10.8.